The summed E-state index contributed by atoms with van der Waals surface area (Å²) in [5.41, 5.74) is 0.731. The number of ether oxygens (including phenoxy) is 1. The number of carbonyl (C=O) groups is 2. The number of fused-ring (bicyclic) bond motifs is 5. The van der Waals surface area contributed by atoms with Crippen LogP contribution in [0.5, 0.6) is 0 Å². The number of hydrogen-bond donors (Lipinski definition) is 2. The van der Waals surface area contributed by atoms with Crippen LogP contribution in [0, 0.1) is 22.7 Å². The molecule has 2 fully saturated rings. The molecule has 0 spiro atoms. The molecule has 4 aliphatic rings. The van der Waals surface area contributed by atoms with Gasteiger partial charge in [0.1, 0.15) is 12.2 Å². The summed E-state index contributed by atoms with van der Waals surface area (Å²) < 4.78 is 5.34. The van der Waals surface area contributed by atoms with Gasteiger partial charge in [-0.3, -0.25) is 9.59 Å². The van der Waals surface area contributed by atoms with E-state index >= 15 is 0 Å². The molecule has 0 unspecified atom stereocenters. The van der Waals surface area contributed by atoms with Gasteiger partial charge in [0.25, 0.3) is 0 Å². The first kappa shape index (κ1) is 21.9. The van der Waals surface area contributed by atoms with Crippen LogP contribution < -0.4 is 0 Å². The zero-order valence-electron chi connectivity index (χ0n) is 18.6. The minimum Gasteiger partial charge on any atom is -0.381 e. The molecule has 4 rings (SSSR count). The zero-order chi connectivity index (χ0) is 21.7. The van der Waals surface area contributed by atoms with Gasteiger partial charge in [0.15, 0.2) is 17.9 Å². The Morgan fingerprint density at radius 3 is 2.77 bits per heavy atom. The predicted molar refractivity (Wildman–Crippen MR) is 114 cm³/mol. The molecular formula is C25H36O5. The molecule has 166 valence electrons. The lowest BCUT2D eigenvalue weighted by Gasteiger charge is -2.54. The third kappa shape index (κ3) is 3.16. The maximum Gasteiger partial charge on any atom is 0.190 e. The van der Waals surface area contributed by atoms with E-state index in [0.29, 0.717) is 31.6 Å². The molecular weight excluding hydrogens is 380 g/mol. The quantitative estimate of drug-likeness (QED) is 0.507. The Hall–Kier alpha value is -1.30. The maximum atomic E-state index is 13.1. The number of carbonyl (C=O) groups excluding carboxylic acids is 2. The van der Waals surface area contributed by atoms with E-state index in [1.165, 1.54) is 11.1 Å². The highest BCUT2D eigenvalue weighted by atomic mass is 16.6. The zero-order valence-corrected chi connectivity index (χ0v) is 18.6. The van der Waals surface area contributed by atoms with Gasteiger partial charge in [-0.05, 0) is 62.9 Å². The minimum atomic E-state index is -1.41. The van der Waals surface area contributed by atoms with E-state index in [4.69, 9.17) is 4.74 Å². The molecule has 2 N–H and O–H groups in total. The van der Waals surface area contributed by atoms with Crippen LogP contribution in [-0.2, 0) is 14.3 Å². The molecule has 5 heteroatoms. The van der Waals surface area contributed by atoms with Crippen molar-refractivity contribution in [3.8, 4) is 0 Å². The summed E-state index contributed by atoms with van der Waals surface area (Å²) in [6.45, 7) is 6.05. The highest BCUT2D eigenvalue weighted by Gasteiger charge is 2.64. The molecule has 6 atom stereocenters. The number of rotatable bonds is 6. The van der Waals surface area contributed by atoms with Crippen LogP contribution in [-0.4, -0.2) is 40.3 Å². The largest absolute Gasteiger partial charge is 0.381 e. The minimum absolute atomic E-state index is 0.0454. The van der Waals surface area contributed by atoms with Crippen LogP contribution in [0.25, 0.3) is 0 Å². The van der Waals surface area contributed by atoms with Crippen LogP contribution in [0.4, 0.5) is 0 Å². The normalized spacial score (nSPS) is 41.3. The Kier molecular flexibility index (Phi) is 5.61. The SMILES string of the molecule is CCC[C@@H](O)OCC(=O)[C@@]1(O)CC[C@H]2[C@@H]3CCC4=CC(=O)CC[C@]4(C)C3=CC[C@@]21C. The van der Waals surface area contributed by atoms with Gasteiger partial charge in [-0.25, -0.2) is 0 Å². The number of allylic oxidation sites excluding steroid dienone is 4. The highest BCUT2D eigenvalue weighted by Crippen LogP contribution is 2.65. The molecule has 0 bridgehead atoms. The fourth-order valence-electron chi connectivity index (χ4n) is 6.95. The van der Waals surface area contributed by atoms with Crippen molar-refractivity contribution in [1.82, 2.24) is 0 Å². The van der Waals surface area contributed by atoms with E-state index in [9.17, 15) is 19.8 Å². The van der Waals surface area contributed by atoms with E-state index in [2.05, 4.69) is 19.9 Å². The van der Waals surface area contributed by atoms with Gasteiger partial charge in [-0.2, -0.15) is 0 Å². The Balaban J connectivity index is 1.58. The van der Waals surface area contributed by atoms with Gasteiger partial charge in [-0.15, -0.1) is 0 Å². The molecule has 4 aliphatic carbocycles. The van der Waals surface area contributed by atoms with Crippen molar-refractivity contribution in [3.63, 3.8) is 0 Å². The Bertz CT molecular complexity index is 797. The summed E-state index contributed by atoms with van der Waals surface area (Å²) in [6, 6.07) is 0. The fourth-order valence-corrected chi connectivity index (χ4v) is 6.95. The van der Waals surface area contributed by atoms with E-state index in [-0.39, 0.29) is 29.5 Å². The van der Waals surface area contributed by atoms with Crippen LogP contribution in [0.15, 0.2) is 23.3 Å². The maximum absolute atomic E-state index is 13.1. The Morgan fingerprint density at radius 2 is 2.03 bits per heavy atom. The highest BCUT2D eigenvalue weighted by molar-refractivity contribution is 5.92. The van der Waals surface area contributed by atoms with Gasteiger partial charge in [0.2, 0.25) is 0 Å². The molecule has 0 saturated heterocycles. The van der Waals surface area contributed by atoms with Crippen LogP contribution in [0.2, 0.25) is 0 Å². The number of hydrogen-bond acceptors (Lipinski definition) is 5. The third-order valence-electron chi connectivity index (χ3n) is 8.89. The summed E-state index contributed by atoms with van der Waals surface area (Å²) in [5, 5.41) is 21.4. The Labute approximate surface area is 179 Å². The van der Waals surface area contributed by atoms with Gasteiger partial charge in [0, 0.05) is 17.3 Å². The average Bonchev–Trinajstić information content (AvgIpc) is 2.99. The van der Waals surface area contributed by atoms with Gasteiger partial charge in [0.05, 0.1) is 0 Å². The predicted octanol–water partition coefficient (Wildman–Crippen LogP) is 3.87. The van der Waals surface area contributed by atoms with Gasteiger partial charge < -0.3 is 14.9 Å². The van der Waals surface area contributed by atoms with Crippen molar-refractivity contribution < 1.29 is 24.5 Å². The van der Waals surface area contributed by atoms with Gasteiger partial charge >= 0.3 is 0 Å². The Morgan fingerprint density at radius 1 is 1.27 bits per heavy atom. The molecule has 0 aliphatic heterocycles. The van der Waals surface area contributed by atoms with Crippen molar-refractivity contribution in [2.24, 2.45) is 22.7 Å². The van der Waals surface area contributed by atoms with Crippen molar-refractivity contribution in [3.05, 3.63) is 23.3 Å². The molecule has 0 heterocycles. The summed E-state index contributed by atoms with van der Waals surface area (Å²) in [6.07, 6.45) is 9.78. The lowest BCUT2D eigenvalue weighted by Crippen LogP contribution is -2.55. The van der Waals surface area contributed by atoms with E-state index in [1.54, 1.807) is 0 Å². The topological polar surface area (TPSA) is 83.8 Å². The standard InChI is InChI=1S/C25H36O5/c1-4-5-22(28)30-15-21(27)25(29)13-10-20-18-7-6-16-14-17(26)8-11-23(16,2)19(18)9-12-24(20,25)3/h9,14,18,20,22,28-29H,4-8,10-13,15H2,1-3H3/t18-,20+,22+,23+,24+,25+/m1/s1. The number of aliphatic hydroxyl groups is 2. The molecule has 30 heavy (non-hydrogen) atoms. The average molecular weight is 417 g/mol. The van der Waals surface area contributed by atoms with Crippen LogP contribution in [0.3, 0.4) is 0 Å². The number of Topliss-reactive ketones (excluding diaryl/α,β-unsaturated/α-hetero) is 1. The first-order valence-electron chi connectivity index (χ1n) is 11.7. The third-order valence-corrected chi connectivity index (χ3v) is 8.89. The fraction of sp³-hybridized carbons (Fsp3) is 0.760. The van der Waals surface area contributed by atoms with E-state index in [1.807, 2.05) is 13.0 Å². The van der Waals surface area contributed by atoms with Gasteiger partial charge in [-0.1, -0.05) is 44.4 Å². The lowest BCUT2D eigenvalue weighted by atomic mass is 9.50. The van der Waals surface area contributed by atoms with Crippen LogP contribution in [0.1, 0.15) is 78.6 Å². The molecule has 0 aromatic rings. The van der Waals surface area contributed by atoms with E-state index < -0.39 is 17.3 Å². The molecule has 0 radical (unpaired) electrons. The molecule has 0 aromatic heterocycles. The summed E-state index contributed by atoms with van der Waals surface area (Å²) in [7, 11) is 0. The monoisotopic (exact) mass is 416 g/mol. The van der Waals surface area contributed by atoms with E-state index in [0.717, 1.165) is 32.1 Å². The van der Waals surface area contributed by atoms with Crippen molar-refractivity contribution in [1.29, 1.82) is 0 Å². The molecule has 2 saturated carbocycles. The molecule has 0 amide bonds. The molecule has 0 aromatic carbocycles. The lowest BCUT2D eigenvalue weighted by molar-refractivity contribution is -0.168. The first-order valence-corrected chi connectivity index (χ1v) is 11.7. The summed E-state index contributed by atoms with van der Waals surface area (Å²) >= 11 is 0. The second-order valence-electron chi connectivity index (χ2n) is 10.4. The number of aliphatic hydroxyl groups excluding tert-OH is 1. The second-order valence-corrected chi connectivity index (χ2v) is 10.4. The number of ketones is 2. The van der Waals surface area contributed by atoms with Crippen molar-refractivity contribution in [2.75, 3.05) is 6.61 Å². The van der Waals surface area contributed by atoms with Crippen molar-refractivity contribution in [2.45, 2.75) is 90.4 Å². The smallest absolute Gasteiger partial charge is 0.190 e. The van der Waals surface area contributed by atoms with Crippen LogP contribution >= 0.6 is 0 Å². The van der Waals surface area contributed by atoms with Crippen molar-refractivity contribution >= 4 is 11.6 Å². The second kappa shape index (κ2) is 7.68. The first-order chi connectivity index (χ1) is 14.2. The summed E-state index contributed by atoms with van der Waals surface area (Å²) in [4.78, 5) is 25.0. The molecule has 5 nitrogen and oxygen atoms in total. The summed E-state index contributed by atoms with van der Waals surface area (Å²) in [5.74, 6) is 0.550.